The average Bonchev–Trinajstić information content (AvgIpc) is 2.52. The summed E-state index contributed by atoms with van der Waals surface area (Å²) in [5.74, 6) is -2.36. The summed E-state index contributed by atoms with van der Waals surface area (Å²) in [5.41, 5.74) is 0.538. The second-order valence-electron chi connectivity index (χ2n) is 4.87. The first-order valence-electron chi connectivity index (χ1n) is 7.01. The second-order valence-corrected chi connectivity index (χ2v) is 4.87. The van der Waals surface area contributed by atoms with Gasteiger partial charge in [0, 0.05) is 13.1 Å². The van der Waals surface area contributed by atoms with Crippen molar-refractivity contribution in [1.29, 1.82) is 0 Å². The molecule has 0 aliphatic heterocycles. The van der Waals surface area contributed by atoms with Crippen molar-refractivity contribution >= 4 is 5.91 Å². The minimum absolute atomic E-state index is 0.236. The third kappa shape index (κ3) is 3.79. The van der Waals surface area contributed by atoms with Gasteiger partial charge in [-0.05, 0) is 24.1 Å². The van der Waals surface area contributed by atoms with Gasteiger partial charge in [0.2, 0.25) is 0 Å². The van der Waals surface area contributed by atoms with Crippen LogP contribution in [0, 0.1) is 11.6 Å². The van der Waals surface area contributed by atoms with Crippen molar-refractivity contribution in [2.75, 3.05) is 13.1 Å². The lowest BCUT2D eigenvalue weighted by Crippen LogP contribution is -2.34. The van der Waals surface area contributed by atoms with Crippen molar-refractivity contribution in [3.05, 3.63) is 83.9 Å². The second kappa shape index (κ2) is 7.50. The number of carbonyl (C=O) groups excluding carboxylic acids is 1. The molecule has 114 valence electrons. The molecule has 0 saturated carbocycles. The summed E-state index contributed by atoms with van der Waals surface area (Å²) >= 11 is 0. The van der Waals surface area contributed by atoms with Gasteiger partial charge in [-0.1, -0.05) is 42.5 Å². The van der Waals surface area contributed by atoms with Crippen LogP contribution in [-0.4, -0.2) is 23.9 Å². The topological polar surface area (TPSA) is 20.3 Å². The molecule has 0 saturated heterocycles. The van der Waals surface area contributed by atoms with Gasteiger partial charge in [0.15, 0.2) is 0 Å². The van der Waals surface area contributed by atoms with Gasteiger partial charge in [0.1, 0.15) is 17.2 Å². The molecule has 0 radical (unpaired) electrons. The Kier molecular flexibility index (Phi) is 5.42. The van der Waals surface area contributed by atoms with E-state index in [0.29, 0.717) is 13.0 Å². The lowest BCUT2D eigenvalue weighted by atomic mass is 10.1. The molecule has 0 aliphatic carbocycles. The largest absolute Gasteiger partial charge is 0.334 e. The molecule has 0 spiro atoms. The maximum Gasteiger partial charge on any atom is 0.260 e. The smallest absolute Gasteiger partial charge is 0.260 e. The Morgan fingerprint density at radius 3 is 2.27 bits per heavy atom. The van der Waals surface area contributed by atoms with Gasteiger partial charge < -0.3 is 4.90 Å². The predicted molar refractivity (Wildman–Crippen MR) is 82.6 cm³/mol. The highest BCUT2D eigenvalue weighted by Gasteiger charge is 2.22. The lowest BCUT2D eigenvalue weighted by molar-refractivity contribution is 0.0766. The number of rotatable bonds is 6. The first kappa shape index (κ1) is 15.9. The molecule has 0 fully saturated rings. The molecule has 2 nitrogen and oxygen atoms in total. The van der Waals surface area contributed by atoms with E-state index in [-0.39, 0.29) is 6.54 Å². The van der Waals surface area contributed by atoms with Crippen molar-refractivity contribution in [3.63, 3.8) is 0 Å². The molecular formula is C18H17F2NO. The fourth-order valence-corrected chi connectivity index (χ4v) is 2.20. The highest BCUT2D eigenvalue weighted by molar-refractivity contribution is 5.94. The molecule has 0 atom stereocenters. The number of benzene rings is 2. The Bertz CT molecular complexity index is 635. The Morgan fingerprint density at radius 1 is 1.05 bits per heavy atom. The SMILES string of the molecule is C=CCN(CCc1ccccc1)C(=O)c1c(F)cccc1F. The molecule has 0 aromatic heterocycles. The number of hydrogen-bond acceptors (Lipinski definition) is 1. The number of nitrogens with zero attached hydrogens (tertiary/aromatic N) is 1. The molecular weight excluding hydrogens is 284 g/mol. The van der Waals surface area contributed by atoms with Gasteiger partial charge in [0.25, 0.3) is 5.91 Å². The van der Waals surface area contributed by atoms with E-state index in [1.54, 1.807) is 6.08 Å². The van der Waals surface area contributed by atoms with E-state index >= 15 is 0 Å². The molecule has 0 unspecified atom stereocenters. The van der Waals surface area contributed by atoms with Crippen LogP contribution in [-0.2, 0) is 6.42 Å². The van der Waals surface area contributed by atoms with Gasteiger partial charge in [-0.3, -0.25) is 4.79 Å². The number of hydrogen-bond donors (Lipinski definition) is 0. The summed E-state index contributed by atoms with van der Waals surface area (Å²) in [6.07, 6.45) is 2.15. The van der Waals surface area contributed by atoms with Crippen LogP contribution < -0.4 is 0 Å². The highest BCUT2D eigenvalue weighted by atomic mass is 19.1. The normalized spacial score (nSPS) is 10.3. The number of halogens is 2. The van der Waals surface area contributed by atoms with Crippen molar-refractivity contribution in [2.45, 2.75) is 6.42 Å². The number of carbonyl (C=O) groups is 1. The van der Waals surface area contributed by atoms with Gasteiger partial charge in [0.05, 0.1) is 0 Å². The van der Waals surface area contributed by atoms with Crippen LogP contribution in [0.4, 0.5) is 8.78 Å². The quantitative estimate of drug-likeness (QED) is 0.742. The van der Waals surface area contributed by atoms with E-state index in [1.165, 1.54) is 11.0 Å². The van der Waals surface area contributed by atoms with Gasteiger partial charge in [-0.25, -0.2) is 8.78 Å². The van der Waals surface area contributed by atoms with E-state index in [2.05, 4.69) is 6.58 Å². The lowest BCUT2D eigenvalue weighted by Gasteiger charge is -2.21. The molecule has 2 aromatic rings. The van der Waals surface area contributed by atoms with Crippen LogP contribution in [0.3, 0.4) is 0 Å². The van der Waals surface area contributed by atoms with E-state index < -0.39 is 23.1 Å². The minimum atomic E-state index is -0.848. The van der Waals surface area contributed by atoms with Crippen molar-refractivity contribution < 1.29 is 13.6 Å². The Balaban J connectivity index is 2.16. The maximum absolute atomic E-state index is 13.8. The summed E-state index contributed by atoms with van der Waals surface area (Å²) in [4.78, 5) is 13.8. The van der Waals surface area contributed by atoms with Crippen molar-refractivity contribution in [3.8, 4) is 0 Å². The zero-order valence-corrected chi connectivity index (χ0v) is 12.1. The van der Waals surface area contributed by atoms with Gasteiger partial charge in [-0.15, -0.1) is 6.58 Å². The zero-order valence-electron chi connectivity index (χ0n) is 12.1. The fraction of sp³-hybridized carbons (Fsp3) is 0.167. The van der Waals surface area contributed by atoms with Crippen molar-refractivity contribution in [1.82, 2.24) is 4.90 Å². The van der Waals surface area contributed by atoms with E-state index in [0.717, 1.165) is 17.7 Å². The molecule has 0 bridgehead atoms. The van der Waals surface area contributed by atoms with Crippen LogP contribution in [0.5, 0.6) is 0 Å². The number of amides is 1. The van der Waals surface area contributed by atoms with Crippen LogP contribution >= 0.6 is 0 Å². The molecule has 0 aliphatic rings. The van der Waals surface area contributed by atoms with Gasteiger partial charge >= 0.3 is 0 Å². The minimum Gasteiger partial charge on any atom is -0.334 e. The molecule has 0 N–H and O–H groups in total. The Hall–Kier alpha value is -2.49. The fourth-order valence-electron chi connectivity index (χ4n) is 2.20. The molecule has 4 heteroatoms. The van der Waals surface area contributed by atoms with Crippen LogP contribution in [0.2, 0.25) is 0 Å². The third-order valence-electron chi connectivity index (χ3n) is 3.33. The zero-order chi connectivity index (χ0) is 15.9. The predicted octanol–water partition coefficient (Wildman–Crippen LogP) is 3.84. The van der Waals surface area contributed by atoms with Gasteiger partial charge in [-0.2, -0.15) is 0 Å². The molecule has 22 heavy (non-hydrogen) atoms. The molecule has 1 amide bonds. The van der Waals surface area contributed by atoms with Crippen LogP contribution in [0.15, 0.2) is 61.2 Å². The summed E-state index contributed by atoms with van der Waals surface area (Å²) < 4.78 is 27.5. The maximum atomic E-state index is 13.8. The monoisotopic (exact) mass is 301 g/mol. The van der Waals surface area contributed by atoms with Crippen molar-refractivity contribution in [2.24, 2.45) is 0 Å². The van der Waals surface area contributed by atoms with E-state index in [1.807, 2.05) is 30.3 Å². The standard InChI is InChI=1S/C18H17F2NO/c1-2-12-21(13-11-14-7-4-3-5-8-14)18(22)17-15(19)9-6-10-16(17)20/h2-10H,1,11-13H2. The third-order valence-corrected chi connectivity index (χ3v) is 3.33. The molecule has 0 heterocycles. The molecule has 2 rings (SSSR count). The van der Waals surface area contributed by atoms with E-state index in [4.69, 9.17) is 0 Å². The average molecular weight is 301 g/mol. The first-order chi connectivity index (χ1) is 10.6. The summed E-state index contributed by atoms with van der Waals surface area (Å²) in [5, 5.41) is 0. The Labute approximate surface area is 128 Å². The molecule has 2 aromatic carbocycles. The summed E-state index contributed by atoms with van der Waals surface area (Å²) in [6.45, 7) is 4.19. The van der Waals surface area contributed by atoms with E-state index in [9.17, 15) is 13.6 Å². The summed E-state index contributed by atoms with van der Waals surface area (Å²) in [7, 11) is 0. The summed E-state index contributed by atoms with van der Waals surface area (Å²) in [6, 6.07) is 13.0. The van der Waals surface area contributed by atoms with Crippen LogP contribution in [0.1, 0.15) is 15.9 Å². The van der Waals surface area contributed by atoms with Crippen LogP contribution in [0.25, 0.3) is 0 Å². The Morgan fingerprint density at radius 2 is 1.68 bits per heavy atom. The highest BCUT2D eigenvalue weighted by Crippen LogP contribution is 2.15. The first-order valence-corrected chi connectivity index (χ1v) is 7.01.